The number of benzene rings is 1. The van der Waals surface area contributed by atoms with E-state index in [1.54, 1.807) is 6.07 Å². The van der Waals surface area contributed by atoms with Crippen molar-refractivity contribution in [3.8, 4) is 0 Å². The van der Waals surface area contributed by atoms with E-state index in [4.69, 9.17) is 4.74 Å². The second-order valence-electron chi connectivity index (χ2n) is 6.82. The summed E-state index contributed by atoms with van der Waals surface area (Å²) in [5, 5.41) is 15.3. The van der Waals surface area contributed by atoms with E-state index in [2.05, 4.69) is 20.8 Å². The van der Waals surface area contributed by atoms with Gasteiger partial charge >= 0.3 is 0 Å². The number of hydrogen-bond donors (Lipinski definition) is 2. The summed E-state index contributed by atoms with van der Waals surface area (Å²) in [5.74, 6) is -0.430. The number of nitrogens with zero attached hydrogens (tertiary/aromatic N) is 2. The number of aromatic nitrogens is 2. The topological polar surface area (TPSA) is 76.1 Å². The number of ether oxygens (including phenoxy) is 1. The Kier molecular flexibility index (Phi) is 4.97. The molecule has 0 radical (unpaired) electrons. The van der Waals surface area contributed by atoms with Gasteiger partial charge in [0.15, 0.2) is 0 Å². The van der Waals surface area contributed by atoms with Crippen molar-refractivity contribution in [3.63, 3.8) is 0 Å². The standard InChI is InChI=1S/C18H21FN4O2S/c1-10-22-23-18(26-10)21-17(24)11-2-3-15(19)13(8-11)14-9-16(14)20-12-4-6-25-7-5-12/h2-3,8,12,14,16,20H,4-7,9H2,1H3,(H,21,23,24)/t14-,16+/m0/s1. The number of hydrogen-bond acceptors (Lipinski definition) is 6. The Labute approximate surface area is 155 Å². The van der Waals surface area contributed by atoms with E-state index < -0.39 is 0 Å². The third-order valence-electron chi connectivity index (χ3n) is 4.87. The molecule has 1 aromatic carbocycles. The minimum atomic E-state index is -0.294. The van der Waals surface area contributed by atoms with Crippen molar-refractivity contribution >= 4 is 22.4 Å². The molecule has 2 N–H and O–H groups in total. The minimum Gasteiger partial charge on any atom is -0.381 e. The van der Waals surface area contributed by atoms with Gasteiger partial charge in [0.05, 0.1) is 0 Å². The summed E-state index contributed by atoms with van der Waals surface area (Å²) >= 11 is 1.31. The molecule has 1 aliphatic heterocycles. The summed E-state index contributed by atoms with van der Waals surface area (Å²) in [7, 11) is 0. The molecule has 2 heterocycles. The zero-order valence-electron chi connectivity index (χ0n) is 14.5. The van der Waals surface area contributed by atoms with Crippen molar-refractivity contribution in [1.82, 2.24) is 15.5 Å². The highest BCUT2D eigenvalue weighted by Gasteiger charge is 2.41. The Morgan fingerprint density at radius 2 is 2.12 bits per heavy atom. The third kappa shape index (κ3) is 3.92. The first-order valence-corrected chi connectivity index (χ1v) is 9.66. The lowest BCUT2D eigenvalue weighted by atomic mass is 10.0. The smallest absolute Gasteiger partial charge is 0.257 e. The molecule has 0 spiro atoms. The number of carbonyl (C=O) groups excluding carboxylic acids is 1. The molecule has 8 heteroatoms. The largest absolute Gasteiger partial charge is 0.381 e. The monoisotopic (exact) mass is 376 g/mol. The maximum Gasteiger partial charge on any atom is 0.257 e. The van der Waals surface area contributed by atoms with E-state index in [1.807, 2.05) is 6.92 Å². The van der Waals surface area contributed by atoms with Crippen LogP contribution in [-0.2, 0) is 4.74 Å². The van der Waals surface area contributed by atoms with Crippen LogP contribution < -0.4 is 10.6 Å². The van der Waals surface area contributed by atoms with Crippen LogP contribution >= 0.6 is 11.3 Å². The van der Waals surface area contributed by atoms with Gasteiger partial charge in [-0.2, -0.15) is 0 Å². The normalized spacial score (nSPS) is 23.0. The van der Waals surface area contributed by atoms with E-state index in [0.29, 0.717) is 22.3 Å². The highest BCUT2D eigenvalue weighted by molar-refractivity contribution is 7.15. The van der Waals surface area contributed by atoms with Crippen LogP contribution in [-0.4, -0.2) is 41.4 Å². The molecule has 4 rings (SSSR count). The van der Waals surface area contributed by atoms with Crippen molar-refractivity contribution < 1.29 is 13.9 Å². The molecule has 1 saturated heterocycles. The maximum atomic E-state index is 14.3. The Balaban J connectivity index is 1.42. The Bertz CT molecular complexity index is 806. The fraction of sp³-hybridized carbons (Fsp3) is 0.500. The fourth-order valence-corrected chi connectivity index (χ4v) is 3.96. The van der Waals surface area contributed by atoms with Crippen LogP contribution in [0.5, 0.6) is 0 Å². The van der Waals surface area contributed by atoms with E-state index in [-0.39, 0.29) is 23.7 Å². The predicted molar refractivity (Wildman–Crippen MR) is 97.1 cm³/mol. The van der Waals surface area contributed by atoms with Gasteiger partial charge in [-0.1, -0.05) is 11.3 Å². The van der Waals surface area contributed by atoms with Gasteiger partial charge in [0, 0.05) is 36.8 Å². The summed E-state index contributed by atoms with van der Waals surface area (Å²) in [5.41, 5.74) is 1.04. The lowest BCUT2D eigenvalue weighted by molar-refractivity contribution is 0.0774. The van der Waals surface area contributed by atoms with Gasteiger partial charge in [-0.15, -0.1) is 10.2 Å². The molecule has 0 unspecified atom stereocenters. The number of anilines is 1. The van der Waals surface area contributed by atoms with Crippen molar-refractivity contribution in [2.75, 3.05) is 18.5 Å². The molecule has 1 aliphatic carbocycles. The number of amides is 1. The number of halogens is 1. The van der Waals surface area contributed by atoms with Crippen LogP contribution in [0, 0.1) is 12.7 Å². The molecule has 2 aliphatic rings. The van der Waals surface area contributed by atoms with Gasteiger partial charge < -0.3 is 10.1 Å². The highest BCUT2D eigenvalue weighted by atomic mass is 32.1. The fourth-order valence-electron chi connectivity index (χ4n) is 3.38. The van der Waals surface area contributed by atoms with E-state index >= 15 is 0 Å². The molecule has 26 heavy (non-hydrogen) atoms. The van der Waals surface area contributed by atoms with Crippen LogP contribution in [0.1, 0.15) is 46.1 Å². The highest BCUT2D eigenvalue weighted by Crippen LogP contribution is 2.43. The van der Waals surface area contributed by atoms with Crippen molar-refractivity contribution in [3.05, 3.63) is 40.2 Å². The van der Waals surface area contributed by atoms with Gasteiger partial charge in [0.25, 0.3) is 5.91 Å². The van der Waals surface area contributed by atoms with Crippen LogP contribution in [0.15, 0.2) is 18.2 Å². The van der Waals surface area contributed by atoms with Gasteiger partial charge in [0.2, 0.25) is 5.13 Å². The maximum absolute atomic E-state index is 14.3. The Hall–Kier alpha value is -1.90. The molecule has 0 bridgehead atoms. The van der Waals surface area contributed by atoms with Crippen molar-refractivity contribution in [1.29, 1.82) is 0 Å². The summed E-state index contributed by atoms with van der Waals surface area (Å²) in [6.07, 6.45) is 2.89. The summed E-state index contributed by atoms with van der Waals surface area (Å²) in [6.45, 7) is 3.39. The van der Waals surface area contributed by atoms with Crippen LogP contribution in [0.3, 0.4) is 0 Å². The molecule has 2 atom stereocenters. The first-order chi connectivity index (χ1) is 12.6. The third-order valence-corrected chi connectivity index (χ3v) is 5.62. The molecule has 138 valence electrons. The molecular formula is C18H21FN4O2S. The zero-order valence-corrected chi connectivity index (χ0v) is 15.3. The minimum absolute atomic E-state index is 0.120. The first kappa shape index (κ1) is 17.5. The quantitative estimate of drug-likeness (QED) is 0.839. The van der Waals surface area contributed by atoms with Crippen LogP contribution in [0.25, 0.3) is 0 Å². The van der Waals surface area contributed by atoms with E-state index in [9.17, 15) is 9.18 Å². The summed E-state index contributed by atoms with van der Waals surface area (Å²) < 4.78 is 19.7. The number of carbonyl (C=O) groups is 1. The van der Waals surface area contributed by atoms with Crippen LogP contribution in [0.2, 0.25) is 0 Å². The van der Waals surface area contributed by atoms with Crippen molar-refractivity contribution in [2.24, 2.45) is 0 Å². The zero-order chi connectivity index (χ0) is 18.1. The van der Waals surface area contributed by atoms with Crippen molar-refractivity contribution in [2.45, 2.75) is 44.2 Å². The van der Waals surface area contributed by atoms with Gasteiger partial charge in [0.1, 0.15) is 10.8 Å². The lowest BCUT2D eigenvalue weighted by Crippen LogP contribution is -2.36. The predicted octanol–water partition coefficient (Wildman–Crippen LogP) is 2.86. The average Bonchev–Trinajstić information content (AvgIpc) is 3.27. The second-order valence-corrected chi connectivity index (χ2v) is 8.00. The molecule has 6 nitrogen and oxygen atoms in total. The molecular weight excluding hydrogens is 355 g/mol. The molecule has 1 aromatic heterocycles. The van der Waals surface area contributed by atoms with E-state index in [1.165, 1.54) is 23.5 Å². The van der Waals surface area contributed by atoms with Gasteiger partial charge in [-0.25, -0.2) is 4.39 Å². The van der Waals surface area contributed by atoms with E-state index in [0.717, 1.165) is 37.5 Å². The average molecular weight is 376 g/mol. The summed E-state index contributed by atoms with van der Waals surface area (Å²) in [6, 6.07) is 5.25. The Morgan fingerprint density at radius 3 is 2.85 bits per heavy atom. The van der Waals surface area contributed by atoms with Gasteiger partial charge in [-0.05, 0) is 49.9 Å². The SMILES string of the molecule is Cc1nnc(NC(=O)c2ccc(F)c([C@@H]3C[C@H]3NC3CCOCC3)c2)s1. The molecule has 1 saturated carbocycles. The molecule has 2 fully saturated rings. The Morgan fingerprint density at radius 1 is 1.31 bits per heavy atom. The molecule has 1 amide bonds. The number of aryl methyl sites for hydroxylation is 1. The molecule has 2 aromatic rings. The summed E-state index contributed by atoms with van der Waals surface area (Å²) in [4.78, 5) is 12.4. The second kappa shape index (κ2) is 7.38. The first-order valence-electron chi connectivity index (χ1n) is 8.85. The van der Waals surface area contributed by atoms with Gasteiger partial charge in [-0.3, -0.25) is 10.1 Å². The number of nitrogens with one attached hydrogen (secondary N) is 2. The lowest BCUT2D eigenvalue weighted by Gasteiger charge is -2.23. The van der Waals surface area contributed by atoms with Crippen LogP contribution in [0.4, 0.5) is 9.52 Å². The number of rotatable bonds is 5.